The molecule has 0 atom stereocenters. The van der Waals surface area contributed by atoms with Gasteiger partial charge in [0.2, 0.25) is 5.95 Å². The third-order valence-electron chi connectivity index (χ3n) is 2.98. The molecule has 0 aliphatic heterocycles. The molecule has 3 rings (SSSR count). The SMILES string of the molecule is O=C(Nc1ccc(F)cc1F)c1ccnc(NC2CC2)n1. The van der Waals surface area contributed by atoms with E-state index in [0.717, 1.165) is 25.0 Å². The molecule has 0 spiro atoms. The van der Waals surface area contributed by atoms with Gasteiger partial charge in [-0.05, 0) is 31.0 Å². The minimum absolute atomic E-state index is 0.100. The Morgan fingerprint density at radius 2 is 2.05 bits per heavy atom. The lowest BCUT2D eigenvalue weighted by molar-refractivity contribution is 0.102. The first kappa shape index (κ1) is 13.4. The molecule has 1 aliphatic carbocycles. The molecule has 2 N–H and O–H groups in total. The summed E-state index contributed by atoms with van der Waals surface area (Å²) in [6.07, 6.45) is 3.56. The second kappa shape index (κ2) is 5.43. The van der Waals surface area contributed by atoms with Gasteiger partial charge in [-0.15, -0.1) is 0 Å². The minimum Gasteiger partial charge on any atom is -0.351 e. The molecule has 1 amide bonds. The molecule has 1 saturated carbocycles. The lowest BCUT2D eigenvalue weighted by Crippen LogP contribution is -2.16. The van der Waals surface area contributed by atoms with Crippen LogP contribution in [0.5, 0.6) is 0 Å². The molecule has 2 aromatic rings. The van der Waals surface area contributed by atoms with Crippen molar-refractivity contribution in [2.24, 2.45) is 0 Å². The van der Waals surface area contributed by atoms with Gasteiger partial charge in [0.1, 0.15) is 17.3 Å². The van der Waals surface area contributed by atoms with Crippen molar-refractivity contribution in [2.45, 2.75) is 18.9 Å². The fraction of sp³-hybridized carbons (Fsp3) is 0.214. The van der Waals surface area contributed by atoms with Crippen LogP contribution in [0.15, 0.2) is 30.5 Å². The fourth-order valence-electron chi connectivity index (χ4n) is 1.74. The van der Waals surface area contributed by atoms with Crippen molar-refractivity contribution in [3.63, 3.8) is 0 Å². The van der Waals surface area contributed by atoms with Gasteiger partial charge in [-0.2, -0.15) is 0 Å². The van der Waals surface area contributed by atoms with E-state index in [0.29, 0.717) is 18.1 Å². The Bertz CT molecular complexity index is 688. The van der Waals surface area contributed by atoms with Crippen LogP contribution in [0.25, 0.3) is 0 Å². The number of nitrogens with one attached hydrogen (secondary N) is 2. The molecule has 21 heavy (non-hydrogen) atoms. The highest BCUT2D eigenvalue weighted by atomic mass is 19.1. The predicted molar refractivity (Wildman–Crippen MR) is 73.0 cm³/mol. The van der Waals surface area contributed by atoms with E-state index in [1.807, 2.05) is 0 Å². The number of amides is 1. The number of anilines is 2. The number of rotatable bonds is 4. The van der Waals surface area contributed by atoms with E-state index < -0.39 is 17.5 Å². The normalized spacial score (nSPS) is 13.8. The summed E-state index contributed by atoms with van der Waals surface area (Å²) in [4.78, 5) is 20.1. The Hall–Kier alpha value is -2.57. The number of halogens is 2. The van der Waals surface area contributed by atoms with E-state index in [2.05, 4.69) is 20.6 Å². The number of aromatic nitrogens is 2. The highest BCUT2D eigenvalue weighted by molar-refractivity contribution is 6.03. The van der Waals surface area contributed by atoms with Gasteiger partial charge in [0, 0.05) is 18.3 Å². The molecule has 1 aromatic heterocycles. The van der Waals surface area contributed by atoms with Crippen LogP contribution in [0.3, 0.4) is 0 Å². The monoisotopic (exact) mass is 290 g/mol. The largest absolute Gasteiger partial charge is 0.351 e. The van der Waals surface area contributed by atoms with Crippen molar-refractivity contribution >= 4 is 17.5 Å². The Labute approximate surface area is 119 Å². The summed E-state index contributed by atoms with van der Waals surface area (Å²) < 4.78 is 26.3. The van der Waals surface area contributed by atoms with Crippen molar-refractivity contribution in [2.75, 3.05) is 10.6 Å². The molecule has 1 fully saturated rings. The van der Waals surface area contributed by atoms with Gasteiger partial charge < -0.3 is 10.6 Å². The molecule has 1 aliphatic rings. The molecule has 108 valence electrons. The smallest absolute Gasteiger partial charge is 0.274 e. The molecule has 0 radical (unpaired) electrons. The second-order valence-electron chi connectivity index (χ2n) is 4.76. The third kappa shape index (κ3) is 3.31. The zero-order valence-corrected chi connectivity index (χ0v) is 10.9. The van der Waals surface area contributed by atoms with E-state index in [1.165, 1.54) is 12.3 Å². The van der Waals surface area contributed by atoms with Gasteiger partial charge in [0.25, 0.3) is 5.91 Å². The number of hydrogen-bond acceptors (Lipinski definition) is 4. The molecule has 0 unspecified atom stereocenters. The summed E-state index contributed by atoms with van der Waals surface area (Å²) in [7, 11) is 0. The zero-order valence-electron chi connectivity index (χ0n) is 10.9. The lowest BCUT2D eigenvalue weighted by Gasteiger charge is -2.07. The van der Waals surface area contributed by atoms with E-state index in [4.69, 9.17) is 0 Å². The number of carbonyl (C=O) groups is 1. The summed E-state index contributed by atoms with van der Waals surface area (Å²) in [5, 5.41) is 5.42. The van der Waals surface area contributed by atoms with Crippen LogP contribution in [0.1, 0.15) is 23.3 Å². The summed E-state index contributed by atoms with van der Waals surface area (Å²) >= 11 is 0. The van der Waals surface area contributed by atoms with Crippen molar-refractivity contribution in [1.82, 2.24) is 9.97 Å². The average molecular weight is 290 g/mol. The van der Waals surface area contributed by atoms with E-state index in [-0.39, 0.29) is 11.4 Å². The minimum atomic E-state index is -0.839. The molecule has 0 saturated heterocycles. The van der Waals surface area contributed by atoms with Crippen LogP contribution in [-0.2, 0) is 0 Å². The standard InChI is InChI=1S/C14H12F2N4O/c15-8-1-4-11(10(16)7-8)19-13(21)12-5-6-17-14(20-12)18-9-2-3-9/h1,4-7,9H,2-3H2,(H,19,21)(H,17,18,20). The topological polar surface area (TPSA) is 66.9 Å². The summed E-state index contributed by atoms with van der Waals surface area (Å²) in [5.74, 6) is -1.76. The molecule has 1 aromatic carbocycles. The van der Waals surface area contributed by atoms with Crippen molar-refractivity contribution in [3.8, 4) is 0 Å². The second-order valence-corrected chi connectivity index (χ2v) is 4.76. The maximum atomic E-state index is 13.5. The predicted octanol–water partition coefficient (Wildman–Crippen LogP) is 2.58. The number of hydrogen-bond donors (Lipinski definition) is 2. The molecule has 1 heterocycles. The van der Waals surface area contributed by atoms with Crippen LogP contribution in [0.2, 0.25) is 0 Å². The van der Waals surface area contributed by atoms with Crippen LogP contribution in [0.4, 0.5) is 20.4 Å². The van der Waals surface area contributed by atoms with Gasteiger partial charge in [-0.3, -0.25) is 4.79 Å². The zero-order chi connectivity index (χ0) is 14.8. The highest BCUT2D eigenvalue weighted by Crippen LogP contribution is 2.22. The first-order valence-corrected chi connectivity index (χ1v) is 6.48. The van der Waals surface area contributed by atoms with E-state index in [1.54, 1.807) is 0 Å². The maximum Gasteiger partial charge on any atom is 0.274 e. The van der Waals surface area contributed by atoms with Crippen molar-refractivity contribution < 1.29 is 13.6 Å². The van der Waals surface area contributed by atoms with Gasteiger partial charge >= 0.3 is 0 Å². The van der Waals surface area contributed by atoms with Gasteiger partial charge in [-0.1, -0.05) is 0 Å². The number of carbonyl (C=O) groups excluding carboxylic acids is 1. The van der Waals surface area contributed by atoms with Crippen LogP contribution >= 0.6 is 0 Å². The quantitative estimate of drug-likeness (QED) is 0.908. The van der Waals surface area contributed by atoms with Gasteiger partial charge in [0.05, 0.1) is 5.69 Å². The fourth-order valence-corrected chi connectivity index (χ4v) is 1.74. The van der Waals surface area contributed by atoms with Gasteiger partial charge in [0.15, 0.2) is 0 Å². The summed E-state index contributed by atoms with van der Waals surface area (Å²) in [5.41, 5.74) is 0.00795. The van der Waals surface area contributed by atoms with Crippen LogP contribution in [-0.4, -0.2) is 21.9 Å². The highest BCUT2D eigenvalue weighted by Gasteiger charge is 2.22. The molecular formula is C14H12F2N4O. The Morgan fingerprint density at radius 3 is 2.76 bits per heavy atom. The van der Waals surface area contributed by atoms with Gasteiger partial charge in [-0.25, -0.2) is 18.7 Å². The average Bonchev–Trinajstić information content (AvgIpc) is 3.26. The third-order valence-corrected chi connectivity index (χ3v) is 2.98. The van der Waals surface area contributed by atoms with Crippen LogP contribution in [0, 0.1) is 11.6 Å². The Kier molecular flexibility index (Phi) is 3.47. The molecule has 5 nitrogen and oxygen atoms in total. The molecule has 0 bridgehead atoms. The Balaban J connectivity index is 1.75. The van der Waals surface area contributed by atoms with E-state index >= 15 is 0 Å². The summed E-state index contributed by atoms with van der Waals surface area (Å²) in [6.45, 7) is 0. The van der Waals surface area contributed by atoms with Crippen molar-refractivity contribution in [3.05, 3.63) is 47.8 Å². The molecule has 7 heteroatoms. The van der Waals surface area contributed by atoms with Crippen molar-refractivity contribution in [1.29, 1.82) is 0 Å². The Morgan fingerprint density at radius 1 is 1.24 bits per heavy atom. The first-order chi connectivity index (χ1) is 10.1. The van der Waals surface area contributed by atoms with Crippen LogP contribution < -0.4 is 10.6 Å². The first-order valence-electron chi connectivity index (χ1n) is 6.48. The number of nitrogens with zero attached hydrogens (tertiary/aromatic N) is 2. The van der Waals surface area contributed by atoms with E-state index in [9.17, 15) is 13.6 Å². The number of benzene rings is 1. The molecular weight excluding hydrogens is 278 g/mol. The maximum absolute atomic E-state index is 13.5. The lowest BCUT2D eigenvalue weighted by atomic mass is 10.3. The summed E-state index contributed by atoms with van der Waals surface area (Å²) in [6, 6.07) is 4.72.